The zero-order valence-electron chi connectivity index (χ0n) is 56.8. The Bertz CT molecular complexity index is 1990. The van der Waals surface area contributed by atoms with E-state index in [0.29, 0.717) is 12.8 Å². The lowest BCUT2D eigenvalue weighted by molar-refractivity contribution is -0.359. The summed E-state index contributed by atoms with van der Waals surface area (Å²) in [5.74, 6) is -0.294. The van der Waals surface area contributed by atoms with E-state index in [-0.39, 0.29) is 18.9 Å². The quantitative estimate of drug-likeness (QED) is 0.0204. The maximum absolute atomic E-state index is 13.3. The van der Waals surface area contributed by atoms with E-state index >= 15 is 0 Å². The Balaban J connectivity index is 1.72. The van der Waals surface area contributed by atoms with Gasteiger partial charge in [0, 0.05) is 6.42 Å². The molecule has 1 amide bonds. The smallest absolute Gasteiger partial charge is 0.220 e. The molecule has 2 rings (SSSR count). The summed E-state index contributed by atoms with van der Waals surface area (Å²) in [4.78, 5) is 13.3. The molecule has 12 unspecified atom stereocenters. The van der Waals surface area contributed by atoms with Gasteiger partial charge in [-0.05, 0) is 96.3 Å². The van der Waals surface area contributed by atoms with Crippen LogP contribution in [0.5, 0.6) is 0 Å². The van der Waals surface area contributed by atoms with Crippen LogP contribution in [0, 0.1) is 0 Å². The standard InChI is InChI=1S/C77H131NO13/c1-3-5-7-9-11-13-15-17-19-21-23-25-27-29-31-32-33-35-36-38-40-42-44-46-48-50-52-54-56-58-60-66(81)65(64-88-76-74(87)72(85)75(68(63-80)90-76)91-77-73(86)71(84)70(83)67(62-79)89-77)78-69(82)61-59-57-55-53-51-49-47-45-43-41-39-37-34-30-28-26-24-22-20-18-16-14-12-10-8-6-4-2/h6,8,12,14,18,20,24,26,30,34,39,41,45,47,50-53,58,60,65-68,70-77,79-81,83-87H,3-5,7,9-11,13,15-17,19,21-23,25,27-29,31-33,35-38,40,42-44,46,48-49,54-57,59,61-64H2,1-2H3,(H,78,82)/b8-6-,14-12-,20-18-,26-24-,34-30-,41-39-,47-45-,52-50+,53-51-,60-58+. The molecule has 0 spiro atoms. The maximum atomic E-state index is 13.3. The normalized spacial score (nSPS) is 23.5. The minimum absolute atomic E-state index is 0.210. The van der Waals surface area contributed by atoms with Crippen LogP contribution in [0.15, 0.2) is 122 Å². The molecule has 14 nitrogen and oxygen atoms in total. The first-order valence-corrected chi connectivity index (χ1v) is 36.3. The topological polar surface area (TPSA) is 228 Å². The molecule has 2 heterocycles. The second-order valence-electron chi connectivity index (χ2n) is 25.0. The molecule has 2 aliphatic heterocycles. The zero-order chi connectivity index (χ0) is 65.9. The Hall–Kier alpha value is -3.61. The Morgan fingerprint density at radius 1 is 0.407 bits per heavy atom. The number of nitrogens with one attached hydrogen (secondary N) is 1. The van der Waals surface area contributed by atoms with E-state index < -0.39 is 86.8 Å². The number of carbonyl (C=O) groups excluding carboxylic acids is 1. The van der Waals surface area contributed by atoms with Gasteiger partial charge in [-0.3, -0.25) is 4.79 Å². The van der Waals surface area contributed by atoms with Crippen LogP contribution in [0.2, 0.25) is 0 Å². The molecular weight excluding hydrogens is 1150 g/mol. The molecule has 14 heteroatoms. The molecule has 0 aliphatic carbocycles. The second kappa shape index (κ2) is 60.1. The van der Waals surface area contributed by atoms with Crippen molar-refractivity contribution in [2.24, 2.45) is 0 Å². The summed E-state index contributed by atoms with van der Waals surface area (Å²) in [7, 11) is 0. The highest BCUT2D eigenvalue weighted by atomic mass is 16.7. The lowest BCUT2D eigenvalue weighted by atomic mass is 9.97. The Morgan fingerprint density at radius 2 is 0.769 bits per heavy atom. The molecule has 12 atom stereocenters. The van der Waals surface area contributed by atoms with Gasteiger partial charge in [0.2, 0.25) is 5.91 Å². The van der Waals surface area contributed by atoms with Crippen molar-refractivity contribution in [2.45, 2.75) is 338 Å². The summed E-state index contributed by atoms with van der Waals surface area (Å²) in [6.45, 7) is 2.65. The molecule has 91 heavy (non-hydrogen) atoms. The monoisotopic (exact) mass is 1280 g/mol. The van der Waals surface area contributed by atoms with Crippen LogP contribution >= 0.6 is 0 Å². The Kier molecular flexibility index (Phi) is 55.1. The van der Waals surface area contributed by atoms with Gasteiger partial charge in [-0.25, -0.2) is 0 Å². The van der Waals surface area contributed by atoms with Crippen LogP contribution in [-0.2, 0) is 23.7 Å². The highest BCUT2D eigenvalue weighted by molar-refractivity contribution is 5.76. The molecule has 0 aromatic carbocycles. The fourth-order valence-corrected chi connectivity index (χ4v) is 11.1. The molecule has 9 N–H and O–H groups in total. The van der Waals surface area contributed by atoms with Crippen LogP contribution in [-0.4, -0.2) is 140 Å². The largest absolute Gasteiger partial charge is 0.394 e. The highest BCUT2D eigenvalue weighted by Gasteiger charge is 2.51. The molecular formula is C77H131NO13. The van der Waals surface area contributed by atoms with Gasteiger partial charge < -0.3 is 65.1 Å². The number of rotatable bonds is 58. The fourth-order valence-electron chi connectivity index (χ4n) is 11.1. The van der Waals surface area contributed by atoms with Crippen LogP contribution in [0.4, 0.5) is 0 Å². The summed E-state index contributed by atoms with van der Waals surface area (Å²) < 4.78 is 22.8. The summed E-state index contributed by atoms with van der Waals surface area (Å²) in [5, 5.41) is 87.4. The number of allylic oxidation sites excluding steroid dienone is 19. The predicted octanol–water partition coefficient (Wildman–Crippen LogP) is 15.3. The molecule has 2 saturated heterocycles. The van der Waals surface area contributed by atoms with Crippen LogP contribution in [0.3, 0.4) is 0 Å². The molecule has 0 radical (unpaired) electrons. The van der Waals surface area contributed by atoms with Crippen molar-refractivity contribution in [2.75, 3.05) is 19.8 Å². The predicted molar refractivity (Wildman–Crippen MR) is 373 cm³/mol. The summed E-state index contributed by atoms with van der Waals surface area (Å²) >= 11 is 0. The molecule has 2 fully saturated rings. The van der Waals surface area contributed by atoms with E-state index in [4.69, 9.17) is 18.9 Å². The molecule has 0 aromatic rings. The van der Waals surface area contributed by atoms with Crippen LogP contribution in [0.25, 0.3) is 0 Å². The SMILES string of the molecule is CC/C=C\C/C=C\C/C=C\C/C=C\C/C=C\C/C=C\C/C=C\C/C=C\CCCCC(=O)NC(COC1OC(CO)C(OC2OC(CO)C(O)C(O)C2O)C(O)C1O)C(O)/C=C/CC/C=C/CCCCCCCCCCCCCCCCCCCCCCCCCC. The van der Waals surface area contributed by atoms with Gasteiger partial charge in [0.25, 0.3) is 0 Å². The lowest BCUT2D eigenvalue weighted by Crippen LogP contribution is -2.65. The average molecular weight is 1280 g/mol. The third-order valence-electron chi connectivity index (χ3n) is 16.9. The third-order valence-corrected chi connectivity index (χ3v) is 16.9. The van der Waals surface area contributed by atoms with Crippen molar-refractivity contribution in [1.82, 2.24) is 5.32 Å². The number of unbranched alkanes of at least 4 members (excludes halogenated alkanes) is 27. The number of amides is 1. The molecule has 2 aliphatic rings. The second-order valence-corrected chi connectivity index (χ2v) is 25.0. The van der Waals surface area contributed by atoms with Gasteiger partial charge in [-0.15, -0.1) is 0 Å². The van der Waals surface area contributed by atoms with Gasteiger partial charge in [-0.1, -0.05) is 283 Å². The molecule has 522 valence electrons. The van der Waals surface area contributed by atoms with E-state index in [0.717, 1.165) is 77.0 Å². The maximum Gasteiger partial charge on any atom is 0.220 e. The first-order valence-electron chi connectivity index (χ1n) is 36.3. The molecule has 0 bridgehead atoms. The van der Waals surface area contributed by atoms with Crippen LogP contribution in [0.1, 0.15) is 264 Å². The van der Waals surface area contributed by atoms with E-state index in [1.165, 1.54) is 154 Å². The minimum atomic E-state index is -1.80. The van der Waals surface area contributed by atoms with Crippen molar-refractivity contribution in [3.05, 3.63) is 122 Å². The summed E-state index contributed by atoms with van der Waals surface area (Å²) in [6.07, 6.45) is 71.2. The first kappa shape index (κ1) is 83.5. The van der Waals surface area contributed by atoms with Gasteiger partial charge in [-0.2, -0.15) is 0 Å². The van der Waals surface area contributed by atoms with Crippen molar-refractivity contribution in [1.29, 1.82) is 0 Å². The van der Waals surface area contributed by atoms with Gasteiger partial charge >= 0.3 is 0 Å². The molecule has 0 aromatic heterocycles. The van der Waals surface area contributed by atoms with Gasteiger partial charge in [0.1, 0.15) is 48.8 Å². The number of hydrogen-bond acceptors (Lipinski definition) is 13. The number of ether oxygens (including phenoxy) is 4. The number of aliphatic hydroxyl groups is 8. The van der Waals surface area contributed by atoms with Crippen molar-refractivity contribution in [3.63, 3.8) is 0 Å². The number of carbonyl (C=O) groups is 1. The van der Waals surface area contributed by atoms with Crippen molar-refractivity contribution >= 4 is 5.91 Å². The van der Waals surface area contributed by atoms with E-state index in [1.54, 1.807) is 6.08 Å². The van der Waals surface area contributed by atoms with E-state index in [1.807, 2.05) is 6.08 Å². The fraction of sp³-hybridized carbons (Fsp3) is 0.727. The van der Waals surface area contributed by atoms with Crippen molar-refractivity contribution in [3.8, 4) is 0 Å². The van der Waals surface area contributed by atoms with Crippen molar-refractivity contribution < 1.29 is 64.6 Å². The Labute approximate surface area is 552 Å². The zero-order valence-corrected chi connectivity index (χ0v) is 56.8. The number of aliphatic hydroxyl groups excluding tert-OH is 8. The van der Waals surface area contributed by atoms with Gasteiger partial charge in [0.05, 0.1) is 32.0 Å². The number of hydrogen-bond donors (Lipinski definition) is 9. The minimum Gasteiger partial charge on any atom is -0.394 e. The highest BCUT2D eigenvalue weighted by Crippen LogP contribution is 2.30. The van der Waals surface area contributed by atoms with Gasteiger partial charge in [0.15, 0.2) is 12.6 Å². The Morgan fingerprint density at radius 3 is 1.21 bits per heavy atom. The van der Waals surface area contributed by atoms with E-state index in [2.05, 4.69) is 129 Å². The molecule has 0 saturated carbocycles. The third kappa shape index (κ3) is 43.9. The summed E-state index contributed by atoms with van der Waals surface area (Å²) in [5.41, 5.74) is 0. The van der Waals surface area contributed by atoms with Crippen LogP contribution < -0.4 is 5.32 Å². The summed E-state index contributed by atoms with van der Waals surface area (Å²) in [6, 6.07) is -0.967. The average Bonchev–Trinajstić information content (AvgIpc) is 1.07. The van der Waals surface area contributed by atoms with E-state index in [9.17, 15) is 45.6 Å². The lowest BCUT2D eigenvalue weighted by Gasteiger charge is -2.46. The first-order chi connectivity index (χ1) is 44.6.